The molecule has 3 aromatic rings. The van der Waals surface area contributed by atoms with E-state index in [1.54, 1.807) is 23.7 Å². The van der Waals surface area contributed by atoms with Crippen LogP contribution in [0.25, 0.3) is 10.4 Å². The number of nitrogens with zero attached hydrogens (tertiary/aromatic N) is 1. The zero-order valence-electron chi connectivity index (χ0n) is 13.6. The van der Waals surface area contributed by atoms with Gasteiger partial charge in [0.05, 0.1) is 5.56 Å². The van der Waals surface area contributed by atoms with E-state index in [0.29, 0.717) is 5.56 Å². The van der Waals surface area contributed by atoms with Gasteiger partial charge in [-0.1, -0.05) is 43.8 Å². The molecule has 1 amide bonds. The molecule has 25 heavy (non-hydrogen) atoms. The lowest BCUT2D eigenvalue weighted by atomic mass is 10.1. The Labute approximate surface area is 153 Å². The summed E-state index contributed by atoms with van der Waals surface area (Å²) in [5.74, 6) is -0.0681. The van der Waals surface area contributed by atoms with Crippen LogP contribution in [-0.4, -0.2) is 16.9 Å². The van der Waals surface area contributed by atoms with Crippen molar-refractivity contribution in [1.82, 2.24) is 10.3 Å². The summed E-state index contributed by atoms with van der Waals surface area (Å²) in [4.78, 5) is 17.8. The smallest absolute Gasteiger partial charge is 0.253 e. The van der Waals surface area contributed by atoms with Crippen LogP contribution >= 0.6 is 11.3 Å². The monoisotopic (exact) mass is 352 g/mol. The fourth-order valence-corrected chi connectivity index (χ4v) is 3.26. The van der Waals surface area contributed by atoms with Crippen molar-refractivity contribution in [3.8, 4) is 10.4 Å². The third-order valence-electron chi connectivity index (χ3n) is 3.89. The van der Waals surface area contributed by atoms with Gasteiger partial charge in [0.2, 0.25) is 0 Å². The zero-order valence-corrected chi connectivity index (χ0v) is 14.4. The van der Waals surface area contributed by atoms with Crippen LogP contribution in [-0.2, 0) is 6.42 Å². The van der Waals surface area contributed by atoms with Crippen molar-refractivity contribution < 1.29 is 4.79 Å². The number of aromatic nitrogens is 1. The topological polar surface area (TPSA) is 42.0 Å². The second kappa shape index (κ2) is 9.14. The summed E-state index contributed by atoms with van der Waals surface area (Å²) in [6.45, 7) is 2.04. The predicted molar refractivity (Wildman–Crippen MR) is 106 cm³/mol. The molecule has 0 fully saturated rings. The van der Waals surface area contributed by atoms with Gasteiger partial charge in [-0.25, -0.2) is 0 Å². The van der Waals surface area contributed by atoms with Crippen molar-refractivity contribution in [2.75, 3.05) is 0 Å². The largest absolute Gasteiger partial charge is 0.350 e. The maximum absolute atomic E-state index is 12.4. The van der Waals surface area contributed by atoms with E-state index in [1.807, 2.05) is 48.7 Å². The van der Waals surface area contributed by atoms with Gasteiger partial charge in [0.1, 0.15) is 0 Å². The average Bonchev–Trinajstić information content (AvgIpc) is 3.16. The molecule has 0 aliphatic heterocycles. The number of thiophene rings is 1. The van der Waals surface area contributed by atoms with Gasteiger partial charge < -0.3 is 5.32 Å². The van der Waals surface area contributed by atoms with Crippen LogP contribution in [0.3, 0.4) is 0 Å². The van der Waals surface area contributed by atoms with Gasteiger partial charge in [0.25, 0.3) is 5.91 Å². The van der Waals surface area contributed by atoms with Gasteiger partial charge in [0, 0.05) is 28.9 Å². The number of hydrogen-bond donors (Lipinski definition) is 1. The van der Waals surface area contributed by atoms with E-state index < -0.39 is 0 Å². The van der Waals surface area contributed by atoms with Crippen molar-refractivity contribution in [2.45, 2.75) is 33.2 Å². The first-order valence-electron chi connectivity index (χ1n) is 8.06. The summed E-state index contributed by atoms with van der Waals surface area (Å²) in [6.07, 6.45) is 5.28. The normalized spacial score (nSPS) is 11.4. The molecule has 0 spiro atoms. The third-order valence-corrected chi connectivity index (χ3v) is 4.81. The Hall–Kier alpha value is -2.46. The second-order valence-electron chi connectivity index (χ2n) is 5.84. The molecule has 0 aliphatic carbocycles. The number of carbonyl (C=O) groups excluding carboxylic acids is 1. The fourth-order valence-electron chi connectivity index (χ4n) is 2.55. The maximum Gasteiger partial charge on any atom is 0.253 e. The van der Waals surface area contributed by atoms with Crippen LogP contribution < -0.4 is 5.32 Å². The van der Waals surface area contributed by atoms with Crippen molar-refractivity contribution in [3.63, 3.8) is 0 Å². The quantitative estimate of drug-likeness (QED) is 0.663. The molecule has 0 saturated heterocycles. The van der Waals surface area contributed by atoms with Crippen molar-refractivity contribution in [3.05, 3.63) is 77.4 Å². The minimum absolute atomic E-state index is 0. The van der Waals surface area contributed by atoms with Gasteiger partial charge in [0.15, 0.2) is 0 Å². The van der Waals surface area contributed by atoms with Crippen molar-refractivity contribution in [2.24, 2.45) is 0 Å². The van der Waals surface area contributed by atoms with Crippen LogP contribution in [0.4, 0.5) is 0 Å². The third kappa shape index (κ3) is 5.26. The molecule has 1 N–H and O–H groups in total. The number of aryl methyl sites for hydroxylation is 1. The van der Waals surface area contributed by atoms with E-state index >= 15 is 0 Å². The lowest BCUT2D eigenvalue weighted by molar-refractivity contribution is 0.0938. The summed E-state index contributed by atoms with van der Waals surface area (Å²) < 4.78 is 0. The highest BCUT2D eigenvalue weighted by Crippen LogP contribution is 2.24. The van der Waals surface area contributed by atoms with Crippen LogP contribution in [0.2, 0.25) is 0 Å². The van der Waals surface area contributed by atoms with Crippen molar-refractivity contribution in [1.29, 1.82) is 0 Å². The second-order valence-corrected chi connectivity index (χ2v) is 6.79. The summed E-state index contributed by atoms with van der Waals surface area (Å²) in [6, 6.07) is 16.4. The van der Waals surface area contributed by atoms with Crippen LogP contribution in [0.15, 0.2) is 66.3 Å². The number of rotatable bonds is 6. The number of benzene rings is 1. The molecule has 3 nitrogen and oxygen atoms in total. The Bertz CT molecular complexity index is 785. The first-order chi connectivity index (χ1) is 11.7. The summed E-state index contributed by atoms with van der Waals surface area (Å²) in [5.41, 5.74) is 2.88. The summed E-state index contributed by atoms with van der Waals surface area (Å²) >= 11 is 1.64. The maximum atomic E-state index is 12.4. The number of pyridine rings is 1. The van der Waals surface area contributed by atoms with E-state index in [0.717, 1.165) is 23.3 Å². The predicted octanol–water partition coefficient (Wildman–Crippen LogP) is 5.20. The summed E-state index contributed by atoms with van der Waals surface area (Å²) in [7, 11) is 0. The lowest BCUT2D eigenvalue weighted by Crippen LogP contribution is -2.33. The molecular formula is C21H24N2OS. The van der Waals surface area contributed by atoms with Gasteiger partial charge in [-0.3, -0.25) is 9.78 Å². The van der Waals surface area contributed by atoms with E-state index in [4.69, 9.17) is 0 Å². The highest BCUT2D eigenvalue weighted by molar-refractivity contribution is 7.13. The highest BCUT2D eigenvalue weighted by Gasteiger charge is 2.11. The molecule has 0 saturated carbocycles. The van der Waals surface area contributed by atoms with Gasteiger partial charge >= 0.3 is 0 Å². The van der Waals surface area contributed by atoms with Gasteiger partial charge in [-0.15, -0.1) is 11.3 Å². The van der Waals surface area contributed by atoms with Crippen LogP contribution in [0.5, 0.6) is 0 Å². The van der Waals surface area contributed by atoms with E-state index in [2.05, 4.69) is 22.4 Å². The number of hydrogen-bond acceptors (Lipinski definition) is 3. The molecule has 0 bridgehead atoms. The molecule has 1 aromatic carbocycles. The van der Waals surface area contributed by atoms with E-state index in [1.165, 1.54) is 5.56 Å². The minimum Gasteiger partial charge on any atom is -0.350 e. The molecule has 4 heteroatoms. The Morgan fingerprint density at radius 2 is 1.96 bits per heavy atom. The fraction of sp³-hybridized carbons (Fsp3) is 0.238. The molecule has 2 heterocycles. The molecule has 130 valence electrons. The molecule has 0 radical (unpaired) electrons. The number of carbonyl (C=O) groups is 1. The van der Waals surface area contributed by atoms with Crippen LogP contribution in [0.1, 0.15) is 36.7 Å². The molecule has 2 aromatic heterocycles. The van der Waals surface area contributed by atoms with E-state index in [-0.39, 0.29) is 19.4 Å². The molecule has 0 aliphatic rings. The standard InChI is InChI=1S/C20H20N2OS.CH4/c1-15(9-10-16-6-3-2-4-7-16)22-20(23)18-12-17(13-21-14-18)19-8-5-11-24-19;/h2-8,11-15H,9-10H2,1H3,(H,22,23);1H4. The molecule has 3 rings (SSSR count). The number of nitrogens with one attached hydrogen (secondary N) is 1. The Balaban J connectivity index is 0.00000225. The SMILES string of the molecule is C.CC(CCc1ccccc1)NC(=O)c1cncc(-c2cccs2)c1. The van der Waals surface area contributed by atoms with Crippen molar-refractivity contribution >= 4 is 17.2 Å². The first kappa shape index (κ1) is 18.9. The molecular weight excluding hydrogens is 328 g/mol. The Morgan fingerprint density at radius 3 is 2.68 bits per heavy atom. The Kier molecular flexibility index (Phi) is 6.90. The highest BCUT2D eigenvalue weighted by atomic mass is 32.1. The Morgan fingerprint density at radius 1 is 1.16 bits per heavy atom. The van der Waals surface area contributed by atoms with Gasteiger partial charge in [-0.05, 0) is 42.8 Å². The zero-order chi connectivity index (χ0) is 16.8. The summed E-state index contributed by atoms with van der Waals surface area (Å²) in [5, 5.41) is 5.08. The first-order valence-corrected chi connectivity index (χ1v) is 8.94. The average molecular weight is 353 g/mol. The van der Waals surface area contributed by atoms with E-state index in [9.17, 15) is 4.79 Å². The minimum atomic E-state index is -0.0681. The van der Waals surface area contributed by atoms with Crippen LogP contribution in [0, 0.1) is 0 Å². The lowest BCUT2D eigenvalue weighted by Gasteiger charge is -2.14. The molecule has 1 unspecified atom stereocenters. The molecule has 1 atom stereocenters. The van der Waals surface area contributed by atoms with Gasteiger partial charge in [-0.2, -0.15) is 0 Å². The number of amides is 1.